The summed E-state index contributed by atoms with van der Waals surface area (Å²) in [6, 6.07) is 9.69. The SMILES string of the molecule is CC(C)=CCCC(C)CNC(=O)OCc1ccccc1. The van der Waals surface area contributed by atoms with E-state index in [1.54, 1.807) is 0 Å². The summed E-state index contributed by atoms with van der Waals surface area (Å²) in [5.74, 6) is 0.454. The summed E-state index contributed by atoms with van der Waals surface area (Å²) in [7, 11) is 0. The van der Waals surface area contributed by atoms with E-state index in [0.29, 0.717) is 19.1 Å². The van der Waals surface area contributed by atoms with Crippen molar-refractivity contribution in [2.75, 3.05) is 6.54 Å². The molecule has 1 unspecified atom stereocenters. The Balaban J connectivity index is 2.15. The summed E-state index contributed by atoms with van der Waals surface area (Å²) in [4.78, 5) is 11.6. The first-order valence-electron chi connectivity index (χ1n) is 7.16. The van der Waals surface area contributed by atoms with E-state index >= 15 is 0 Å². The predicted octanol–water partition coefficient (Wildman–Crippen LogP) is 4.30. The van der Waals surface area contributed by atoms with E-state index < -0.39 is 0 Å². The molecule has 1 N–H and O–H groups in total. The van der Waals surface area contributed by atoms with Crippen molar-refractivity contribution in [3.63, 3.8) is 0 Å². The van der Waals surface area contributed by atoms with Crippen molar-refractivity contribution >= 4 is 6.09 Å². The van der Waals surface area contributed by atoms with Gasteiger partial charge < -0.3 is 10.1 Å². The number of ether oxygens (including phenoxy) is 1. The zero-order valence-electron chi connectivity index (χ0n) is 12.7. The lowest BCUT2D eigenvalue weighted by Crippen LogP contribution is -2.28. The number of hydrogen-bond donors (Lipinski definition) is 1. The lowest BCUT2D eigenvalue weighted by molar-refractivity contribution is 0.138. The van der Waals surface area contributed by atoms with Gasteiger partial charge in [-0.3, -0.25) is 0 Å². The molecule has 0 bridgehead atoms. The van der Waals surface area contributed by atoms with Crippen LogP contribution < -0.4 is 5.32 Å². The number of amides is 1. The van der Waals surface area contributed by atoms with Crippen LogP contribution in [0.4, 0.5) is 4.79 Å². The lowest BCUT2D eigenvalue weighted by atomic mass is 10.0. The number of alkyl carbamates (subject to hydrolysis) is 1. The van der Waals surface area contributed by atoms with Crippen molar-refractivity contribution in [1.82, 2.24) is 5.32 Å². The number of benzene rings is 1. The van der Waals surface area contributed by atoms with E-state index in [1.807, 2.05) is 30.3 Å². The van der Waals surface area contributed by atoms with Gasteiger partial charge >= 0.3 is 6.09 Å². The van der Waals surface area contributed by atoms with Gasteiger partial charge in [0, 0.05) is 6.54 Å². The molecule has 3 heteroatoms. The van der Waals surface area contributed by atoms with Gasteiger partial charge in [0.15, 0.2) is 0 Å². The minimum Gasteiger partial charge on any atom is -0.445 e. The maximum atomic E-state index is 11.6. The predicted molar refractivity (Wildman–Crippen MR) is 82.5 cm³/mol. The Morgan fingerprint density at radius 1 is 1.30 bits per heavy atom. The van der Waals surface area contributed by atoms with E-state index in [9.17, 15) is 4.79 Å². The van der Waals surface area contributed by atoms with Crippen LogP contribution in [0.5, 0.6) is 0 Å². The van der Waals surface area contributed by atoms with Crippen molar-refractivity contribution in [1.29, 1.82) is 0 Å². The van der Waals surface area contributed by atoms with Gasteiger partial charge in [-0.15, -0.1) is 0 Å². The standard InChI is InChI=1S/C17H25NO2/c1-14(2)8-7-9-15(3)12-18-17(19)20-13-16-10-5-4-6-11-16/h4-6,8,10-11,15H,7,9,12-13H2,1-3H3,(H,18,19). The second-order valence-electron chi connectivity index (χ2n) is 5.41. The number of hydrogen-bond acceptors (Lipinski definition) is 2. The molecule has 0 spiro atoms. The maximum absolute atomic E-state index is 11.6. The number of allylic oxidation sites excluding steroid dienone is 2. The summed E-state index contributed by atoms with van der Waals surface area (Å²) < 4.78 is 5.16. The summed E-state index contributed by atoms with van der Waals surface area (Å²) >= 11 is 0. The van der Waals surface area contributed by atoms with E-state index in [2.05, 4.69) is 32.2 Å². The van der Waals surface area contributed by atoms with Crippen molar-refractivity contribution in [3.8, 4) is 0 Å². The third kappa shape index (κ3) is 7.62. The molecule has 20 heavy (non-hydrogen) atoms. The highest BCUT2D eigenvalue weighted by Gasteiger charge is 2.06. The van der Waals surface area contributed by atoms with Crippen LogP contribution >= 0.6 is 0 Å². The van der Waals surface area contributed by atoms with Crippen molar-refractivity contribution < 1.29 is 9.53 Å². The average Bonchev–Trinajstić information content (AvgIpc) is 2.43. The molecule has 0 radical (unpaired) electrons. The highest BCUT2D eigenvalue weighted by Crippen LogP contribution is 2.07. The third-order valence-corrected chi connectivity index (χ3v) is 3.02. The van der Waals surface area contributed by atoms with Gasteiger partial charge in [0.2, 0.25) is 0 Å². The zero-order valence-corrected chi connectivity index (χ0v) is 12.7. The number of rotatable bonds is 7. The Morgan fingerprint density at radius 2 is 2.00 bits per heavy atom. The Labute approximate surface area is 122 Å². The normalized spacial score (nSPS) is 11.6. The fraction of sp³-hybridized carbons (Fsp3) is 0.471. The first-order chi connectivity index (χ1) is 9.58. The van der Waals surface area contributed by atoms with Crippen LogP contribution in [-0.2, 0) is 11.3 Å². The zero-order chi connectivity index (χ0) is 14.8. The Morgan fingerprint density at radius 3 is 2.65 bits per heavy atom. The largest absolute Gasteiger partial charge is 0.445 e. The Bertz CT molecular complexity index is 422. The van der Waals surface area contributed by atoms with E-state index in [1.165, 1.54) is 5.57 Å². The van der Waals surface area contributed by atoms with Crippen LogP contribution in [0.15, 0.2) is 42.0 Å². The number of carbonyl (C=O) groups excluding carboxylic acids is 1. The molecule has 0 heterocycles. The molecule has 0 aromatic heterocycles. The van der Waals surface area contributed by atoms with Crippen molar-refractivity contribution in [2.24, 2.45) is 5.92 Å². The van der Waals surface area contributed by atoms with Gasteiger partial charge in [0.05, 0.1) is 0 Å². The summed E-state index contributed by atoms with van der Waals surface area (Å²) in [5.41, 5.74) is 2.34. The van der Waals surface area contributed by atoms with E-state index in [-0.39, 0.29) is 6.09 Å². The molecule has 0 saturated heterocycles. The average molecular weight is 275 g/mol. The first kappa shape index (κ1) is 16.3. The highest BCUT2D eigenvalue weighted by molar-refractivity contribution is 5.67. The molecule has 0 fully saturated rings. The summed E-state index contributed by atoms with van der Waals surface area (Å²) in [6.45, 7) is 7.31. The fourth-order valence-corrected chi connectivity index (χ4v) is 1.79. The molecule has 0 aliphatic heterocycles. The van der Waals surface area contributed by atoms with Gasteiger partial charge in [-0.2, -0.15) is 0 Å². The van der Waals surface area contributed by atoms with Crippen LogP contribution in [0.2, 0.25) is 0 Å². The minimum atomic E-state index is -0.345. The molecular weight excluding hydrogens is 250 g/mol. The van der Waals surface area contributed by atoms with Gasteiger partial charge in [-0.25, -0.2) is 4.79 Å². The van der Waals surface area contributed by atoms with E-state index in [0.717, 1.165) is 18.4 Å². The van der Waals surface area contributed by atoms with Gasteiger partial charge in [-0.05, 0) is 38.2 Å². The van der Waals surface area contributed by atoms with Crippen molar-refractivity contribution in [3.05, 3.63) is 47.5 Å². The molecule has 0 aliphatic rings. The van der Waals surface area contributed by atoms with Crippen LogP contribution in [0.25, 0.3) is 0 Å². The topological polar surface area (TPSA) is 38.3 Å². The van der Waals surface area contributed by atoms with Crippen molar-refractivity contribution in [2.45, 2.75) is 40.2 Å². The second-order valence-corrected chi connectivity index (χ2v) is 5.41. The van der Waals surface area contributed by atoms with E-state index in [4.69, 9.17) is 4.74 Å². The molecule has 1 atom stereocenters. The summed E-state index contributed by atoms with van der Waals surface area (Å²) in [5, 5.41) is 2.81. The molecule has 110 valence electrons. The molecule has 1 aromatic rings. The maximum Gasteiger partial charge on any atom is 0.407 e. The van der Waals surface area contributed by atoms with Gasteiger partial charge in [0.25, 0.3) is 0 Å². The molecule has 1 aromatic carbocycles. The van der Waals surface area contributed by atoms with Crippen LogP contribution in [0.1, 0.15) is 39.2 Å². The Kier molecular flexibility index (Phi) is 7.48. The van der Waals surface area contributed by atoms with Crippen LogP contribution in [0, 0.1) is 5.92 Å². The monoisotopic (exact) mass is 275 g/mol. The molecule has 1 rings (SSSR count). The number of carbonyl (C=O) groups is 1. The highest BCUT2D eigenvalue weighted by atomic mass is 16.5. The van der Waals surface area contributed by atoms with Crippen LogP contribution in [0.3, 0.4) is 0 Å². The quantitative estimate of drug-likeness (QED) is 0.754. The molecule has 0 saturated carbocycles. The minimum absolute atomic E-state index is 0.318. The molecule has 1 amide bonds. The lowest BCUT2D eigenvalue weighted by Gasteiger charge is -2.12. The molecule has 0 aliphatic carbocycles. The van der Waals surface area contributed by atoms with Gasteiger partial charge in [0.1, 0.15) is 6.61 Å². The first-order valence-corrected chi connectivity index (χ1v) is 7.16. The fourth-order valence-electron chi connectivity index (χ4n) is 1.79. The third-order valence-electron chi connectivity index (χ3n) is 3.02. The second kappa shape index (κ2) is 9.18. The summed E-state index contributed by atoms with van der Waals surface area (Å²) in [6.07, 6.45) is 4.02. The Hall–Kier alpha value is -1.77. The smallest absolute Gasteiger partial charge is 0.407 e. The number of nitrogens with one attached hydrogen (secondary N) is 1. The van der Waals surface area contributed by atoms with Gasteiger partial charge in [-0.1, -0.05) is 48.9 Å². The molecular formula is C17H25NO2. The van der Waals surface area contributed by atoms with Crippen LogP contribution in [-0.4, -0.2) is 12.6 Å². The molecule has 3 nitrogen and oxygen atoms in total.